The Bertz CT molecular complexity index is 367. The summed E-state index contributed by atoms with van der Waals surface area (Å²) in [4.78, 5) is 0. The molecule has 0 heterocycles. The second kappa shape index (κ2) is 5.11. The zero-order chi connectivity index (χ0) is 12.3. The van der Waals surface area contributed by atoms with E-state index in [-0.39, 0.29) is 5.56 Å². The number of hydrazine groups is 1. The molecule has 0 aromatic heterocycles. The van der Waals surface area contributed by atoms with Crippen LogP contribution in [0, 0.1) is 5.82 Å². The number of hydrogen-bond acceptors (Lipinski definition) is 2. The molecule has 1 atom stereocenters. The maximum absolute atomic E-state index is 12.8. The van der Waals surface area contributed by atoms with Crippen molar-refractivity contribution in [3.63, 3.8) is 0 Å². The minimum atomic E-state index is -4.47. The molecule has 0 bridgehead atoms. The maximum Gasteiger partial charge on any atom is 0.405 e. The molecule has 16 heavy (non-hydrogen) atoms. The number of alkyl halides is 3. The van der Waals surface area contributed by atoms with Gasteiger partial charge in [-0.1, -0.05) is 15.9 Å². The van der Waals surface area contributed by atoms with E-state index in [1.807, 2.05) is 0 Å². The van der Waals surface area contributed by atoms with E-state index in [4.69, 9.17) is 5.84 Å². The van der Waals surface area contributed by atoms with E-state index in [0.717, 1.165) is 12.1 Å². The van der Waals surface area contributed by atoms with Crippen molar-refractivity contribution in [2.45, 2.75) is 18.6 Å². The molecule has 0 saturated heterocycles. The summed E-state index contributed by atoms with van der Waals surface area (Å²) in [6.07, 6.45) is -4.90. The third-order valence-corrected chi connectivity index (χ3v) is 2.80. The standard InChI is InChI=1S/C9H9BrF4N2/c10-7-2-1-6(11)3-5(7)4-8(16-15)9(12,13)14/h1-3,8,16H,4,15H2. The van der Waals surface area contributed by atoms with Crippen LogP contribution in [0.25, 0.3) is 0 Å². The van der Waals surface area contributed by atoms with Crippen molar-refractivity contribution in [1.82, 2.24) is 5.43 Å². The molecule has 0 aliphatic carbocycles. The average molecular weight is 301 g/mol. The molecule has 0 amide bonds. The van der Waals surface area contributed by atoms with Gasteiger partial charge in [-0.2, -0.15) is 13.2 Å². The first-order valence-corrected chi connectivity index (χ1v) is 5.10. The van der Waals surface area contributed by atoms with Gasteiger partial charge in [-0.25, -0.2) is 9.82 Å². The molecule has 0 aliphatic heterocycles. The second-order valence-corrected chi connectivity index (χ2v) is 4.06. The van der Waals surface area contributed by atoms with Crippen LogP contribution in [0.5, 0.6) is 0 Å². The zero-order valence-electron chi connectivity index (χ0n) is 7.98. The van der Waals surface area contributed by atoms with Crippen molar-refractivity contribution in [3.8, 4) is 0 Å². The highest BCUT2D eigenvalue weighted by molar-refractivity contribution is 9.10. The van der Waals surface area contributed by atoms with Gasteiger partial charge in [0.15, 0.2) is 0 Å². The molecule has 0 radical (unpaired) electrons. The first kappa shape index (κ1) is 13.4. The molecule has 0 aliphatic rings. The van der Waals surface area contributed by atoms with Gasteiger partial charge in [-0.05, 0) is 30.2 Å². The molecule has 1 rings (SSSR count). The van der Waals surface area contributed by atoms with Crippen molar-refractivity contribution in [2.24, 2.45) is 5.84 Å². The summed E-state index contributed by atoms with van der Waals surface area (Å²) >= 11 is 3.05. The molecule has 0 spiro atoms. The van der Waals surface area contributed by atoms with Gasteiger partial charge >= 0.3 is 6.18 Å². The van der Waals surface area contributed by atoms with E-state index in [1.54, 1.807) is 5.43 Å². The van der Waals surface area contributed by atoms with Crippen LogP contribution in [0.15, 0.2) is 22.7 Å². The number of halogens is 5. The van der Waals surface area contributed by atoms with Crippen molar-refractivity contribution >= 4 is 15.9 Å². The Morgan fingerprint density at radius 3 is 2.50 bits per heavy atom. The summed E-state index contributed by atoms with van der Waals surface area (Å²) in [7, 11) is 0. The lowest BCUT2D eigenvalue weighted by Gasteiger charge is -2.19. The van der Waals surface area contributed by atoms with Crippen molar-refractivity contribution in [3.05, 3.63) is 34.1 Å². The number of benzene rings is 1. The van der Waals surface area contributed by atoms with Crippen LogP contribution < -0.4 is 11.3 Å². The van der Waals surface area contributed by atoms with Gasteiger partial charge < -0.3 is 0 Å². The highest BCUT2D eigenvalue weighted by Crippen LogP contribution is 2.26. The molecule has 1 unspecified atom stereocenters. The average Bonchev–Trinajstić information content (AvgIpc) is 2.17. The number of nitrogens with two attached hydrogens (primary N) is 1. The first-order chi connectivity index (χ1) is 7.34. The van der Waals surface area contributed by atoms with Crippen LogP contribution in [-0.2, 0) is 6.42 Å². The Morgan fingerprint density at radius 2 is 2.00 bits per heavy atom. The van der Waals surface area contributed by atoms with E-state index in [0.29, 0.717) is 4.47 Å². The highest BCUT2D eigenvalue weighted by Gasteiger charge is 2.39. The summed E-state index contributed by atoms with van der Waals surface area (Å²) in [5.74, 6) is 4.23. The third-order valence-electron chi connectivity index (χ3n) is 2.03. The fourth-order valence-electron chi connectivity index (χ4n) is 1.19. The maximum atomic E-state index is 12.8. The molecule has 1 aromatic carbocycles. The van der Waals surface area contributed by atoms with Crippen molar-refractivity contribution in [2.75, 3.05) is 0 Å². The number of rotatable bonds is 3. The van der Waals surface area contributed by atoms with Gasteiger partial charge in [-0.3, -0.25) is 5.84 Å². The van der Waals surface area contributed by atoms with Crippen LogP contribution in [-0.4, -0.2) is 12.2 Å². The SMILES string of the molecule is NNC(Cc1cc(F)ccc1Br)C(F)(F)F. The Balaban J connectivity index is 2.90. The van der Waals surface area contributed by atoms with Crippen LogP contribution in [0.2, 0.25) is 0 Å². The predicted molar refractivity (Wildman–Crippen MR) is 55.0 cm³/mol. The summed E-state index contributed by atoms with van der Waals surface area (Å²) in [5, 5.41) is 0. The van der Waals surface area contributed by atoms with Crippen molar-refractivity contribution < 1.29 is 17.6 Å². The quantitative estimate of drug-likeness (QED) is 0.511. The molecule has 2 nitrogen and oxygen atoms in total. The number of nitrogens with one attached hydrogen (secondary N) is 1. The first-order valence-electron chi connectivity index (χ1n) is 4.31. The molecule has 7 heteroatoms. The Labute approximate surface area is 97.9 Å². The van der Waals surface area contributed by atoms with E-state index >= 15 is 0 Å². The highest BCUT2D eigenvalue weighted by atomic mass is 79.9. The summed E-state index contributed by atoms with van der Waals surface area (Å²) in [5.41, 5.74) is 1.88. The Morgan fingerprint density at radius 1 is 1.38 bits per heavy atom. The fraction of sp³-hybridized carbons (Fsp3) is 0.333. The van der Waals surface area contributed by atoms with E-state index < -0.39 is 24.5 Å². The minimum Gasteiger partial charge on any atom is -0.271 e. The van der Waals surface area contributed by atoms with Crippen LogP contribution in [0.4, 0.5) is 17.6 Å². The van der Waals surface area contributed by atoms with Gasteiger partial charge in [0.05, 0.1) is 0 Å². The lowest BCUT2D eigenvalue weighted by atomic mass is 10.1. The Hall–Kier alpha value is -0.660. The molecular formula is C9H9BrF4N2. The topological polar surface area (TPSA) is 38.0 Å². The third kappa shape index (κ3) is 3.43. The monoisotopic (exact) mass is 300 g/mol. The summed E-state index contributed by atoms with van der Waals surface area (Å²) < 4.78 is 50.4. The minimum absolute atomic E-state index is 0.209. The molecule has 0 fully saturated rings. The van der Waals surface area contributed by atoms with Gasteiger partial charge in [0.1, 0.15) is 11.9 Å². The van der Waals surface area contributed by atoms with Gasteiger partial charge in [0.25, 0.3) is 0 Å². The number of hydrogen-bond donors (Lipinski definition) is 2. The lowest BCUT2D eigenvalue weighted by Crippen LogP contribution is -2.47. The summed E-state index contributed by atoms with van der Waals surface area (Å²) in [6.45, 7) is 0. The van der Waals surface area contributed by atoms with E-state index in [1.165, 1.54) is 6.07 Å². The molecule has 3 N–H and O–H groups in total. The van der Waals surface area contributed by atoms with Crippen molar-refractivity contribution in [1.29, 1.82) is 0 Å². The predicted octanol–water partition coefficient (Wildman–Crippen LogP) is 2.52. The van der Waals surface area contributed by atoms with E-state index in [2.05, 4.69) is 15.9 Å². The normalized spacial score (nSPS) is 13.9. The summed E-state index contributed by atoms with van der Waals surface area (Å²) in [6, 6.07) is 1.66. The fourth-order valence-corrected chi connectivity index (χ4v) is 1.60. The van der Waals surface area contributed by atoms with Crippen LogP contribution >= 0.6 is 15.9 Å². The molecule has 0 saturated carbocycles. The smallest absolute Gasteiger partial charge is 0.271 e. The Kier molecular flexibility index (Phi) is 4.28. The molecule has 90 valence electrons. The zero-order valence-corrected chi connectivity index (χ0v) is 9.57. The largest absolute Gasteiger partial charge is 0.405 e. The van der Waals surface area contributed by atoms with Crippen LogP contribution in [0.1, 0.15) is 5.56 Å². The van der Waals surface area contributed by atoms with E-state index in [9.17, 15) is 17.6 Å². The van der Waals surface area contributed by atoms with Gasteiger partial charge in [-0.15, -0.1) is 0 Å². The van der Waals surface area contributed by atoms with Crippen LogP contribution in [0.3, 0.4) is 0 Å². The van der Waals surface area contributed by atoms with Gasteiger partial charge in [0, 0.05) is 4.47 Å². The molecule has 1 aromatic rings. The lowest BCUT2D eigenvalue weighted by molar-refractivity contribution is -0.155. The van der Waals surface area contributed by atoms with Gasteiger partial charge in [0.2, 0.25) is 0 Å². The second-order valence-electron chi connectivity index (χ2n) is 3.20. The molecular weight excluding hydrogens is 292 g/mol.